The van der Waals surface area contributed by atoms with Crippen molar-refractivity contribution in [2.75, 3.05) is 0 Å². The van der Waals surface area contributed by atoms with E-state index in [0.29, 0.717) is 6.42 Å². The van der Waals surface area contributed by atoms with E-state index in [9.17, 15) is 4.79 Å². The molecule has 1 aromatic rings. The maximum absolute atomic E-state index is 10.7. The Morgan fingerprint density at radius 1 is 1.39 bits per heavy atom. The van der Waals surface area contributed by atoms with Crippen molar-refractivity contribution in [3.05, 3.63) is 17.2 Å². The number of aromatic nitrogens is 2. The van der Waals surface area contributed by atoms with Crippen LogP contribution in [-0.2, 0) is 29.6 Å². The Bertz CT molecular complexity index is 455. The highest BCUT2D eigenvalue weighted by Crippen LogP contribution is 2.30. The van der Waals surface area contributed by atoms with Crippen molar-refractivity contribution in [3.8, 4) is 0 Å². The highest BCUT2D eigenvalue weighted by molar-refractivity contribution is 5.66. The van der Waals surface area contributed by atoms with Crippen LogP contribution in [0, 0.1) is 0 Å². The van der Waals surface area contributed by atoms with Gasteiger partial charge >= 0.3 is 5.97 Å². The van der Waals surface area contributed by atoms with Gasteiger partial charge in [-0.15, -0.1) is 0 Å². The smallest absolute Gasteiger partial charge is 0.303 e. The summed E-state index contributed by atoms with van der Waals surface area (Å²) in [4.78, 5) is 15.4. The number of rotatable bonds is 3. The number of carboxylic acid groups (broad SMARTS) is 1. The third kappa shape index (κ3) is 2.57. The lowest BCUT2D eigenvalue weighted by molar-refractivity contribution is -0.137. The quantitative estimate of drug-likeness (QED) is 0.897. The van der Waals surface area contributed by atoms with Crippen molar-refractivity contribution in [2.45, 2.75) is 64.8 Å². The van der Waals surface area contributed by atoms with E-state index in [1.54, 1.807) is 0 Å². The van der Waals surface area contributed by atoms with Crippen molar-refractivity contribution in [2.24, 2.45) is 0 Å². The average Bonchev–Trinajstić information content (AvgIpc) is 2.65. The fourth-order valence-corrected chi connectivity index (χ4v) is 2.63. The first-order valence-electron chi connectivity index (χ1n) is 6.70. The van der Waals surface area contributed by atoms with Crippen LogP contribution < -0.4 is 0 Å². The van der Waals surface area contributed by atoms with Gasteiger partial charge in [-0.3, -0.25) is 4.79 Å². The van der Waals surface area contributed by atoms with E-state index < -0.39 is 5.97 Å². The standard InChI is InChI=1S/C14H22N2O2/c1-14(2,3)13-10-6-4-5-9-16(10)11(15-13)7-8-12(17)18/h4-9H2,1-3H3,(H,17,18). The van der Waals surface area contributed by atoms with Crippen LogP contribution >= 0.6 is 0 Å². The summed E-state index contributed by atoms with van der Waals surface area (Å²) in [6.45, 7) is 7.51. The Hall–Kier alpha value is -1.32. The summed E-state index contributed by atoms with van der Waals surface area (Å²) in [6, 6.07) is 0. The van der Waals surface area contributed by atoms with Gasteiger partial charge < -0.3 is 9.67 Å². The van der Waals surface area contributed by atoms with Crippen molar-refractivity contribution in [3.63, 3.8) is 0 Å². The number of fused-ring (bicyclic) bond motifs is 1. The number of nitrogens with zero attached hydrogens (tertiary/aromatic N) is 2. The zero-order chi connectivity index (χ0) is 13.3. The molecule has 1 aromatic heterocycles. The molecule has 0 fully saturated rings. The molecule has 0 unspecified atom stereocenters. The summed E-state index contributed by atoms with van der Waals surface area (Å²) in [5, 5.41) is 8.81. The van der Waals surface area contributed by atoms with E-state index in [1.165, 1.54) is 18.5 Å². The van der Waals surface area contributed by atoms with Crippen molar-refractivity contribution in [1.82, 2.24) is 9.55 Å². The monoisotopic (exact) mass is 250 g/mol. The molecule has 0 saturated carbocycles. The van der Waals surface area contributed by atoms with Crippen molar-refractivity contribution in [1.29, 1.82) is 0 Å². The normalized spacial score (nSPS) is 15.5. The molecular weight excluding hydrogens is 228 g/mol. The lowest BCUT2D eigenvalue weighted by atomic mass is 9.89. The zero-order valence-corrected chi connectivity index (χ0v) is 11.5. The summed E-state index contributed by atoms with van der Waals surface area (Å²) in [7, 11) is 0. The number of imidazole rings is 1. The number of carbonyl (C=O) groups is 1. The Labute approximate surface area is 108 Å². The molecule has 0 atom stereocenters. The predicted molar refractivity (Wildman–Crippen MR) is 69.8 cm³/mol. The van der Waals surface area contributed by atoms with Gasteiger partial charge in [0.2, 0.25) is 0 Å². The van der Waals surface area contributed by atoms with Crippen molar-refractivity contribution >= 4 is 5.97 Å². The number of carboxylic acids is 1. The predicted octanol–water partition coefficient (Wildman–Crippen LogP) is 2.53. The van der Waals surface area contributed by atoms with E-state index in [0.717, 1.165) is 24.5 Å². The Morgan fingerprint density at radius 2 is 2.11 bits per heavy atom. The van der Waals surface area contributed by atoms with Gasteiger partial charge in [-0.05, 0) is 19.3 Å². The summed E-state index contributed by atoms with van der Waals surface area (Å²) in [6.07, 6.45) is 4.17. The van der Waals surface area contributed by atoms with Crippen LogP contribution in [0.2, 0.25) is 0 Å². The van der Waals surface area contributed by atoms with Gasteiger partial charge in [0.15, 0.2) is 0 Å². The molecule has 0 spiro atoms. The molecule has 100 valence electrons. The second kappa shape index (κ2) is 4.75. The lowest BCUT2D eigenvalue weighted by Crippen LogP contribution is -2.18. The molecule has 1 aliphatic rings. The topological polar surface area (TPSA) is 55.1 Å². The minimum absolute atomic E-state index is 0.0376. The van der Waals surface area contributed by atoms with Gasteiger partial charge in [0.25, 0.3) is 0 Å². The van der Waals surface area contributed by atoms with Crippen LogP contribution in [-0.4, -0.2) is 20.6 Å². The Morgan fingerprint density at radius 3 is 2.72 bits per heavy atom. The molecule has 2 rings (SSSR count). The van der Waals surface area contributed by atoms with E-state index in [1.807, 2.05) is 0 Å². The molecule has 0 aliphatic carbocycles. The highest BCUT2D eigenvalue weighted by Gasteiger charge is 2.27. The van der Waals surface area contributed by atoms with Gasteiger partial charge in [-0.2, -0.15) is 0 Å². The maximum Gasteiger partial charge on any atom is 0.303 e. The van der Waals surface area contributed by atoms with E-state index in [2.05, 4.69) is 25.3 Å². The van der Waals surface area contributed by atoms with Crippen LogP contribution in [0.25, 0.3) is 0 Å². The van der Waals surface area contributed by atoms with E-state index in [-0.39, 0.29) is 11.8 Å². The first kappa shape index (κ1) is 13.1. The summed E-state index contributed by atoms with van der Waals surface area (Å²) in [5.74, 6) is 0.206. The first-order chi connectivity index (χ1) is 8.39. The van der Waals surface area contributed by atoms with E-state index >= 15 is 0 Å². The SMILES string of the molecule is CC(C)(C)c1nc(CCC(=O)O)n2c1CCCC2. The molecule has 0 aromatic carbocycles. The number of hydrogen-bond donors (Lipinski definition) is 1. The zero-order valence-electron chi connectivity index (χ0n) is 11.5. The molecule has 4 nitrogen and oxygen atoms in total. The number of aryl methyl sites for hydroxylation is 1. The molecule has 18 heavy (non-hydrogen) atoms. The van der Waals surface area contributed by atoms with Gasteiger partial charge in [-0.25, -0.2) is 4.98 Å². The van der Waals surface area contributed by atoms with Crippen LogP contribution in [0.5, 0.6) is 0 Å². The molecule has 0 radical (unpaired) electrons. The maximum atomic E-state index is 10.7. The molecule has 0 saturated heterocycles. The molecule has 1 N–H and O–H groups in total. The van der Waals surface area contributed by atoms with Crippen LogP contribution in [0.4, 0.5) is 0 Å². The van der Waals surface area contributed by atoms with Crippen LogP contribution in [0.3, 0.4) is 0 Å². The Kier molecular flexibility index (Phi) is 3.46. The van der Waals surface area contributed by atoms with Gasteiger partial charge in [0, 0.05) is 24.1 Å². The third-order valence-electron chi connectivity index (χ3n) is 3.47. The molecular formula is C14H22N2O2. The van der Waals surface area contributed by atoms with Crippen LogP contribution in [0.1, 0.15) is 57.2 Å². The summed E-state index contributed by atoms with van der Waals surface area (Å²) >= 11 is 0. The molecule has 0 amide bonds. The van der Waals surface area contributed by atoms with Gasteiger partial charge in [0.1, 0.15) is 5.82 Å². The summed E-state index contributed by atoms with van der Waals surface area (Å²) < 4.78 is 2.26. The second-order valence-corrected chi connectivity index (χ2v) is 6.08. The second-order valence-electron chi connectivity index (χ2n) is 6.08. The third-order valence-corrected chi connectivity index (χ3v) is 3.47. The lowest BCUT2D eigenvalue weighted by Gasteiger charge is -2.22. The minimum atomic E-state index is -0.750. The van der Waals surface area contributed by atoms with E-state index in [4.69, 9.17) is 10.1 Å². The molecule has 2 heterocycles. The van der Waals surface area contributed by atoms with Gasteiger partial charge in [-0.1, -0.05) is 20.8 Å². The Balaban J connectivity index is 2.35. The number of hydrogen-bond acceptors (Lipinski definition) is 2. The minimum Gasteiger partial charge on any atom is -0.481 e. The molecule has 1 aliphatic heterocycles. The molecule has 4 heteroatoms. The molecule has 0 bridgehead atoms. The fourth-order valence-electron chi connectivity index (χ4n) is 2.63. The highest BCUT2D eigenvalue weighted by atomic mass is 16.4. The first-order valence-corrected chi connectivity index (χ1v) is 6.70. The number of aliphatic carboxylic acids is 1. The summed E-state index contributed by atoms with van der Waals surface area (Å²) in [5.41, 5.74) is 2.52. The van der Waals surface area contributed by atoms with Gasteiger partial charge in [0.05, 0.1) is 12.1 Å². The fraction of sp³-hybridized carbons (Fsp3) is 0.714. The van der Waals surface area contributed by atoms with Crippen molar-refractivity contribution < 1.29 is 9.90 Å². The van der Waals surface area contributed by atoms with Crippen LogP contribution in [0.15, 0.2) is 0 Å². The largest absolute Gasteiger partial charge is 0.481 e. The average molecular weight is 250 g/mol.